The molecule has 1 saturated heterocycles. The first-order valence-electron chi connectivity index (χ1n) is 5.29. The van der Waals surface area contributed by atoms with E-state index in [1.165, 1.54) is 45.6 Å². The number of nitrogens with one attached hydrogen (secondary N) is 1. The summed E-state index contributed by atoms with van der Waals surface area (Å²) in [6.07, 6.45) is 2.65. The molecule has 0 saturated carbocycles. The van der Waals surface area contributed by atoms with Gasteiger partial charge in [0.2, 0.25) is 0 Å². The van der Waals surface area contributed by atoms with Crippen LogP contribution < -0.4 is 5.32 Å². The van der Waals surface area contributed by atoms with Crippen molar-refractivity contribution < 1.29 is 0 Å². The predicted octanol–water partition coefficient (Wildman–Crippen LogP) is 1.33. The van der Waals surface area contributed by atoms with Crippen LogP contribution in [-0.2, 0) is 0 Å². The Balaban J connectivity index is 2.03. The molecule has 0 radical (unpaired) electrons. The van der Waals surface area contributed by atoms with Gasteiger partial charge in [-0.2, -0.15) is 0 Å². The van der Waals surface area contributed by atoms with Crippen molar-refractivity contribution >= 4 is 0 Å². The minimum absolute atomic E-state index is 0.913. The third-order valence-electron chi connectivity index (χ3n) is 2.68. The van der Waals surface area contributed by atoms with E-state index in [0.717, 1.165) is 5.92 Å². The zero-order valence-electron chi connectivity index (χ0n) is 8.47. The second-order valence-corrected chi connectivity index (χ2v) is 3.75. The van der Waals surface area contributed by atoms with E-state index < -0.39 is 0 Å². The summed E-state index contributed by atoms with van der Waals surface area (Å²) in [7, 11) is 0. The molecule has 1 rings (SSSR count). The summed E-state index contributed by atoms with van der Waals surface area (Å²) in [4.78, 5) is 2.54. The van der Waals surface area contributed by atoms with Crippen molar-refractivity contribution in [2.75, 3.05) is 32.7 Å². The fourth-order valence-corrected chi connectivity index (χ4v) is 1.85. The zero-order chi connectivity index (χ0) is 8.81. The normalized spacial score (nSPS) is 25.0. The Morgan fingerprint density at radius 1 is 1.42 bits per heavy atom. The number of nitrogens with zero attached hydrogens (tertiary/aromatic N) is 1. The lowest BCUT2D eigenvalue weighted by Crippen LogP contribution is -2.26. The molecule has 12 heavy (non-hydrogen) atoms. The summed E-state index contributed by atoms with van der Waals surface area (Å²) in [6.45, 7) is 10.7. The maximum absolute atomic E-state index is 3.49. The molecule has 2 heteroatoms. The predicted molar refractivity (Wildman–Crippen MR) is 53.4 cm³/mol. The van der Waals surface area contributed by atoms with Gasteiger partial charge in [-0.3, -0.25) is 0 Å². The van der Waals surface area contributed by atoms with E-state index in [9.17, 15) is 0 Å². The average molecular weight is 170 g/mol. The molecule has 2 nitrogen and oxygen atoms in total. The van der Waals surface area contributed by atoms with Gasteiger partial charge in [0.25, 0.3) is 0 Å². The van der Waals surface area contributed by atoms with Crippen LogP contribution >= 0.6 is 0 Å². The number of rotatable bonds is 5. The van der Waals surface area contributed by atoms with E-state index in [1.807, 2.05) is 0 Å². The lowest BCUT2D eigenvalue weighted by atomic mass is 10.1. The molecule has 0 spiro atoms. The van der Waals surface area contributed by atoms with E-state index in [4.69, 9.17) is 0 Å². The van der Waals surface area contributed by atoms with Gasteiger partial charge in [0.1, 0.15) is 0 Å². The van der Waals surface area contributed by atoms with Crippen molar-refractivity contribution in [3.8, 4) is 0 Å². The van der Waals surface area contributed by atoms with Gasteiger partial charge >= 0.3 is 0 Å². The van der Waals surface area contributed by atoms with Crippen LogP contribution in [-0.4, -0.2) is 37.6 Å². The molecular weight excluding hydrogens is 148 g/mol. The average Bonchev–Trinajstić information content (AvgIpc) is 2.53. The molecule has 1 aliphatic rings. The van der Waals surface area contributed by atoms with Gasteiger partial charge < -0.3 is 10.2 Å². The van der Waals surface area contributed by atoms with Crippen molar-refractivity contribution in [1.82, 2.24) is 10.2 Å². The molecule has 1 heterocycles. The van der Waals surface area contributed by atoms with Crippen molar-refractivity contribution in [1.29, 1.82) is 0 Å². The lowest BCUT2D eigenvalue weighted by molar-refractivity contribution is 0.339. The van der Waals surface area contributed by atoms with Gasteiger partial charge in [0, 0.05) is 6.54 Å². The Bertz CT molecular complexity index is 114. The van der Waals surface area contributed by atoms with Crippen LogP contribution in [0.4, 0.5) is 0 Å². The first-order valence-corrected chi connectivity index (χ1v) is 5.29. The Hall–Kier alpha value is -0.0800. The largest absolute Gasteiger partial charge is 0.316 e. The van der Waals surface area contributed by atoms with E-state index in [-0.39, 0.29) is 0 Å². The molecule has 1 atom stereocenters. The summed E-state index contributed by atoms with van der Waals surface area (Å²) >= 11 is 0. The molecule has 72 valence electrons. The minimum Gasteiger partial charge on any atom is -0.316 e. The quantitative estimate of drug-likeness (QED) is 0.626. The molecule has 0 aromatic carbocycles. The molecular formula is C10H22N2. The second kappa shape index (κ2) is 5.55. The lowest BCUT2D eigenvalue weighted by Gasteiger charge is -2.13. The van der Waals surface area contributed by atoms with Gasteiger partial charge in [-0.15, -0.1) is 0 Å². The Labute approximate surface area is 76.3 Å². The third-order valence-corrected chi connectivity index (χ3v) is 2.68. The Kier molecular flexibility index (Phi) is 4.62. The van der Waals surface area contributed by atoms with Crippen LogP contribution in [0.5, 0.6) is 0 Å². The molecule has 1 fully saturated rings. The highest BCUT2D eigenvalue weighted by Gasteiger charge is 2.19. The smallest absolute Gasteiger partial charge is 0.00222 e. The maximum atomic E-state index is 3.49. The van der Waals surface area contributed by atoms with Crippen LogP contribution in [0, 0.1) is 5.92 Å². The van der Waals surface area contributed by atoms with Gasteiger partial charge in [0.15, 0.2) is 0 Å². The second-order valence-electron chi connectivity index (χ2n) is 3.75. The Morgan fingerprint density at radius 3 is 2.83 bits per heavy atom. The van der Waals surface area contributed by atoms with Crippen LogP contribution in [0.1, 0.15) is 26.7 Å². The SMILES string of the molecule is CCCNCC1CCN(CC)C1. The molecule has 1 aliphatic heterocycles. The molecule has 0 amide bonds. The molecule has 0 aliphatic carbocycles. The number of hydrogen-bond acceptors (Lipinski definition) is 2. The third kappa shape index (κ3) is 3.11. The van der Waals surface area contributed by atoms with E-state index in [0.29, 0.717) is 0 Å². The minimum atomic E-state index is 0.913. The molecule has 0 bridgehead atoms. The van der Waals surface area contributed by atoms with Gasteiger partial charge in [0.05, 0.1) is 0 Å². The number of likely N-dealkylation sites (tertiary alicyclic amines) is 1. The topological polar surface area (TPSA) is 15.3 Å². The van der Waals surface area contributed by atoms with E-state index in [1.54, 1.807) is 0 Å². The molecule has 0 aromatic rings. The van der Waals surface area contributed by atoms with Gasteiger partial charge in [-0.1, -0.05) is 13.8 Å². The summed E-state index contributed by atoms with van der Waals surface area (Å²) < 4.78 is 0. The van der Waals surface area contributed by atoms with Crippen molar-refractivity contribution in [2.24, 2.45) is 5.92 Å². The first kappa shape index (κ1) is 10.0. The highest BCUT2D eigenvalue weighted by Crippen LogP contribution is 2.14. The van der Waals surface area contributed by atoms with Crippen LogP contribution in [0.2, 0.25) is 0 Å². The Morgan fingerprint density at radius 2 is 2.25 bits per heavy atom. The number of hydrogen-bond donors (Lipinski definition) is 1. The van der Waals surface area contributed by atoms with Gasteiger partial charge in [-0.05, 0) is 44.9 Å². The summed E-state index contributed by atoms with van der Waals surface area (Å²) in [6, 6.07) is 0. The van der Waals surface area contributed by atoms with Crippen LogP contribution in [0.3, 0.4) is 0 Å². The highest BCUT2D eigenvalue weighted by molar-refractivity contribution is 4.75. The molecule has 1 unspecified atom stereocenters. The summed E-state index contributed by atoms with van der Waals surface area (Å²) in [5.41, 5.74) is 0. The van der Waals surface area contributed by atoms with Crippen LogP contribution in [0.15, 0.2) is 0 Å². The summed E-state index contributed by atoms with van der Waals surface area (Å²) in [5, 5.41) is 3.49. The molecule has 0 aromatic heterocycles. The standard InChI is InChI=1S/C10H22N2/c1-3-6-11-8-10-5-7-12(4-2)9-10/h10-11H,3-9H2,1-2H3. The maximum Gasteiger partial charge on any atom is 0.00222 e. The molecule has 1 N–H and O–H groups in total. The summed E-state index contributed by atoms with van der Waals surface area (Å²) in [5.74, 6) is 0.913. The first-order chi connectivity index (χ1) is 5.86. The monoisotopic (exact) mass is 170 g/mol. The highest BCUT2D eigenvalue weighted by atomic mass is 15.1. The van der Waals surface area contributed by atoms with Crippen LogP contribution in [0.25, 0.3) is 0 Å². The fourth-order valence-electron chi connectivity index (χ4n) is 1.85. The van der Waals surface area contributed by atoms with E-state index in [2.05, 4.69) is 24.1 Å². The van der Waals surface area contributed by atoms with Gasteiger partial charge in [-0.25, -0.2) is 0 Å². The van der Waals surface area contributed by atoms with Crippen molar-refractivity contribution in [3.05, 3.63) is 0 Å². The van der Waals surface area contributed by atoms with E-state index >= 15 is 0 Å². The van der Waals surface area contributed by atoms with Crippen molar-refractivity contribution in [2.45, 2.75) is 26.7 Å². The van der Waals surface area contributed by atoms with Crippen molar-refractivity contribution in [3.63, 3.8) is 0 Å². The zero-order valence-corrected chi connectivity index (χ0v) is 8.47. The fraction of sp³-hybridized carbons (Fsp3) is 1.00.